The first kappa shape index (κ1) is 11.9. The van der Waals surface area contributed by atoms with Crippen molar-refractivity contribution in [2.45, 2.75) is 18.7 Å². The number of halogens is 5. The summed E-state index contributed by atoms with van der Waals surface area (Å²) < 4.78 is 62.3. The number of hydrogen-bond acceptors (Lipinski definition) is 1. The SMILES string of the molecule is C[C@@](O)(c1ccc(F)cc1F)C(F)(F)F. The van der Waals surface area contributed by atoms with Gasteiger partial charge in [-0.3, -0.25) is 0 Å². The minimum absolute atomic E-state index is 0.287. The number of benzene rings is 1. The van der Waals surface area contributed by atoms with Crippen LogP contribution in [0.15, 0.2) is 18.2 Å². The van der Waals surface area contributed by atoms with E-state index in [1.54, 1.807) is 0 Å². The zero-order chi connectivity index (χ0) is 11.9. The van der Waals surface area contributed by atoms with Gasteiger partial charge in [-0.2, -0.15) is 13.2 Å². The van der Waals surface area contributed by atoms with Crippen molar-refractivity contribution < 1.29 is 27.1 Å². The maximum absolute atomic E-state index is 13.0. The predicted octanol–water partition coefficient (Wildman–Crippen LogP) is 2.73. The van der Waals surface area contributed by atoms with Crippen molar-refractivity contribution in [2.24, 2.45) is 0 Å². The molecule has 0 fully saturated rings. The third kappa shape index (κ3) is 2.09. The highest BCUT2D eigenvalue weighted by Gasteiger charge is 2.52. The molecule has 0 aliphatic carbocycles. The van der Waals surface area contributed by atoms with Crippen LogP contribution in [0.2, 0.25) is 0 Å². The van der Waals surface area contributed by atoms with E-state index in [4.69, 9.17) is 5.11 Å². The monoisotopic (exact) mass is 226 g/mol. The average molecular weight is 226 g/mol. The van der Waals surface area contributed by atoms with Crippen molar-refractivity contribution in [2.75, 3.05) is 0 Å². The zero-order valence-corrected chi connectivity index (χ0v) is 7.57. The summed E-state index contributed by atoms with van der Waals surface area (Å²) in [6, 6.07) is 1.51. The van der Waals surface area contributed by atoms with Crippen LogP contribution >= 0.6 is 0 Å². The van der Waals surface area contributed by atoms with Crippen molar-refractivity contribution in [3.63, 3.8) is 0 Å². The van der Waals surface area contributed by atoms with E-state index in [0.717, 1.165) is 0 Å². The molecule has 0 aliphatic heterocycles. The van der Waals surface area contributed by atoms with Gasteiger partial charge < -0.3 is 5.11 Å². The van der Waals surface area contributed by atoms with Gasteiger partial charge in [0.25, 0.3) is 0 Å². The molecule has 0 aliphatic rings. The van der Waals surface area contributed by atoms with E-state index in [-0.39, 0.29) is 6.07 Å². The van der Waals surface area contributed by atoms with Gasteiger partial charge in [-0.1, -0.05) is 0 Å². The molecule has 0 radical (unpaired) electrons. The lowest BCUT2D eigenvalue weighted by Gasteiger charge is -2.26. The second-order valence-corrected chi connectivity index (χ2v) is 3.19. The first-order valence-corrected chi connectivity index (χ1v) is 3.91. The van der Waals surface area contributed by atoms with Crippen LogP contribution in [-0.2, 0) is 5.60 Å². The van der Waals surface area contributed by atoms with Gasteiger partial charge in [0, 0.05) is 11.6 Å². The summed E-state index contributed by atoms with van der Waals surface area (Å²) in [6.07, 6.45) is -5.02. The second-order valence-electron chi connectivity index (χ2n) is 3.19. The smallest absolute Gasteiger partial charge is 0.376 e. The quantitative estimate of drug-likeness (QED) is 0.730. The van der Waals surface area contributed by atoms with Crippen molar-refractivity contribution >= 4 is 0 Å². The lowest BCUT2D eigenvalue weighted by Crippen LogP contribution is -2.40. The lowest BCUT2D eigenvalue weighted by atomic mass is 9.95. The summed E-state index contributed by atoms with van der Waals surface area (Å²) in [6.45, 7) is 0.406. The van der Waals surface area contributed by atoms with Gasteiger partial charge >= 0.3 is 6.18 Å². The van der Waals surface area contributed by atoms with E-state index in [9.17, 15) is 22.0 Å². The molecule has 0 amide bonds. The molecule has 1 rings (SSSR count). The minimum atomic E-state index is -5.02. The Labute approximate surface area is 82.1 Å². The fraction of sp³-hybridized carbons (Fsp3) is 0.333. The van der Waals surface area contributed by atoms with E-state index >= 15 is 0 Å². The Kier molecular flexibility index (Phi) is 2.73. The molecule has 1 aromatic rings. The molecule has 6 heteroatoms. The second kappa shape index (κ2) is 3.44. The van der Waals surface area contributed by atoms with Gasteiger partial charge in [0.2, 0.25) is 0 Å². The van der Waals surface area contributed by atoms with E-state index in [1.807, 2.05) is 0 Å². The Bertz CT molecular complexity index is 369. The molecule has 15 heavy (non-hydrogen) atoms. The highest BCUT2D eigenvalue weighted by Crippen LogP contribution is 2.39. The standard InChI is InChI=1S/C9H7F5O/c1-8(15,9(12,13)14)6-3-2-5(10)4-7(6)11/h2-4,15H,1H3/t8-/m1/s1. The molecule has 0 bridgehead atoms. The molecule has 0 aromatic heterocycles. The topological polar surface area (TPSA) is 20.2 Å². The Morgan fingerprint density at radius 1 is 1.13 bits per heavy atom. The van der Waals surface area contributed by atoms with Crippen molar-refractivity contribution in [3.8, 4) is 0 Å². The molecule has 1 aromatic carbocycles. The summed E-state index contributed by atoms with van der Waals surface area (Å²) >= 11 is 0. The lowest BCUT2D eigenvalue weighted by molar-refractivity contribution is -0.259. The van der Waals surface area contributed by atoms with Crippen LogP contribution in [0.3, 0.4) is 0 Å². The molecule has 1 nitrogen and oxygen atoms in total. The minimum Gasteiger partial charge on any atom is -0.376 e. The highest BCUT2D eigenvalue weighted by molar-refractivity contribution is 5.25. The predicted molar refractivity (Wildman–Crippen MR) is 42.0 cm³/mol. The fourth-order valence-corrected chi connectivity index (χ4v) is 1.04. The number of hydrogen-bond donors (Lipinski definition) is 1. The Hall–Kier alpha value is -1.17. The molecule has 0 saturated heterocycles. The molecule has 0 unspecified atom stereocenters. The molecule has 0 saturated carbocycles. The Morgan fingerprint density at radius 2 is 1.67 bits per heavy atom. The third-order valence-electron chi connectivity index (χ3n) is 2.01. The van der Waals surface area contributed by atoms with Gasteiger partial charge in [-0.15, -0.1) is 0 Å². The van der Waals surface area contributed by atoms with Crippen molar-refractivity contribution in [3.05, 3.63) is 35.4 Å². The maximum Gasteiger partial charge on any atom is 0.421 e. The van der Waals surface area contributed by atoms with E-state index in [2.05, 4.69) is 0 Å². The van der Waals surface area contributed by atoms with E-state index in [1.165, 1.54) is 0 Å². The molecular formula is C9H7F5O. The fourth-order valence-electron chi connectivity index (χ4n) is 1.04. The first-order valence-electron chi connectivity index (χ1n) is 3.91. The van der Waals surface area contributed by atoms with Crippen LogP contribution in [0.1, 0.15) is 12.5 Å². The third-order valence-corrected chi connectivity index (χ3v) is 2.01. The van der Waals surface area contributed by atoms with Crippen LogP contribution < -0.4 is 0 Å². The number of rotatable bonds is 1. The van der Waals surface area contributed by atoms with Gasteiger partial charge in [0.1, 0.15) is 11.6 Å². The van der Waals surface area contributed by atoms with Crippen LogP contribution in [0.4, 0.5) is 22.0 Å². The van der Waals surface area contributed by atoms with Crippen LogP contribution in [0, 0.1) is 11.6 Å². The van der Waals surface area contributed by atoms with Crippen molar-refractivity contribution in [1.82, 2.24) is 0 Å². The molecule has 1 N–H and O–H groups in total. The highest BCUT2D eigenvalue weighted by atomic mass is 19.4. The Morgan fingerprint density at radius 3 is 2.07 bits per heavy atom. The first-order chi connectivity index (χ1) is 6.66. The van der Waals surface area contributed by atoms with Crippen LogP contribution in [0.25, 0.3) is 0 Å². The largest absolute Gasteiger partial charge is 0.421 e. The Balaban J connectivity index is 3.28. The molecule has 0 heterocycles. The van der Waals surface area contributed by atoms with Crippen LogP contribution in [-0.4, -0.2) is 11.3 Å². The number of alkyl halides is 3. The number of aliphatic hydroxyl groups is 1. The summed E-state index contributed by atoms with van der Waals surface area (Å²) in [7, 11) is 0. The summed E-state index contributed by atoms with van der Waals surface area (Å²) in [5.74, 6) is -2.44. The molecule has 1 atom stereocenters. The van der Waals surface area contributed by atoms with Gasteiger partial charge in [0.15, 0.2) is 5.60 Å². The maximum atomic E-state index is 13.0. The van der Waals surface area contributed by atoms with E-state index < -0.39 is 29.0 Å². The summed E-state index contributed by atoms with van der Waals surface area (Å²) in [4.78, 5) is 0. The van der Waals surface area contributed by atoms with Crippen molar-refractivity contribution in [1.29, 1.82) is 0 Å². The van der Waals surface area contributed by atoms with E-state index in [0.29, 0.717) is 19.1 Å². The normalized spacial score (nSPS) is 16.2. The molecular weight excluding hydrogens is 219 g/mol. The zero-order valence-electron chi connectivity index (χ0n) is 7.57. The van der Waals surface area contributed by atoms with Crippen LogP contribution in [0.5, 0.6) is 0 Å². The average Bonchev–Trinajstić information content (AvgIpc) is 2.00. The summed E-state index contributed by atoms with van der Waals surface area (Å²) in [5.41, 5.74) is -4.33. The van der Waals surface area contributed by atoms with Gasteiger partial charge in [-0.25, -0.2) is 8.78 Å². The van der Waals surface area contributed by atoms with Gasteiger partial charge in [-0.05, 0) is 19.1 Å². The molecule has 84 valence electrons. The van der Waals surface area contributed by atoms with Gasteiger partial charge in [0.05, 0.1) is 0 Å². The summed E-state index contributed by atoms with van der Waals surface area (Å²) in [5, 5.41) is 9.11. The molecule has 0 spiro atoms.